The van der Waals surface area contributed by atoms with Crippen molar-refractivity contribution in [3.8, 4) is 0 Å². The largest absolute Gasteiger partial charge is 0.234 e. The number of hydrogen-bond acceptors (Lipinski definition) is 2. The molecule has 0 N–H and O–H groups in total. The Morgan fingerprint density at radius 1 is 1.75 bits per heavy atom. The molecule has 0 spiro atoms. The summed E-state index contributed by atoms with van der Waals surface area (Å²) >= 11 is 4.85. The van der Waals surface area contributed by atoms with E-state index in [2.05, 4.69) is 20.9 Å². The van der Waals surface area contributed by atoms with Gasteiger partial charge in [0.15, 0.2) is 3.92 Å². The van der Waals surface area contributed by atoms with Crippen molar-refractivity contribution in [2.24, 2.45) is 0 Å². The molecule has 0 aliphatic carbocycles. The zero-order valence-electron chi connectivity index (χ0n) is 4.22. The van der Waals surface area contributed by atoms with Crippen LogP contribution in [0.1, 0.15) is 5.69 Å². The summed E-state index contributed by atoms with van der Waals surface area (Å²) in [6.45, 7) is 1.97. The summed E-state index contributed by atoms with van der Waals surface area (Å²) in [5.41, 5.74) is 1.08. The van der Waals surface area contributed by atoms with E-state index in [0.717, 1.165) is 9.61 Å². The average molecular weight is 259 g/mol. The summed E-state index contributed by atoms with van der Waals surface area (Å²) in [6, 6.07) is 0. The maximum atomic E-state index is 4.05. The Balaban J connectivity index is 0.000000490. The van der Waals surface area contributed by atoms with Gasteiger partial charge in [0.05, 0.1) is 0 Å². The molecule has 0 unspecified atom stereocenters. The van der Waals surface area contributed by atoms with Crippen LogP contribution in [0.15, 0.2) is 9.30 Å². The molecule has 0 saturated carbocycles. The van der Waals surface area contributed by atoms with Crippen molar-refractivity contribution >= 4 is 44.2 Å². The highest BCUT2D eigenvalue weighted by Crippen LogP contribution is 2.14. The van der Waals surface area contributed by atoms with Gasteiger partial charge in [0.2, 0.25) is 0 Å². The van der Waals surface area contributed by atoms with Crippen LogP contribution in [0.3, 0.4) is 0 Å². The third kappa shape index (κ3) is 2.24. The van der Waals surface area contributed by atoms with Crippen LogP contribution >= 0.6 is 44.2 Å². The quantitative estimate of drug-likeness (QED) is 0.698. The monoisotopic (exact) mass is 257 g/mol. The van der Waals surface area contributed by atoms with Crippen molar-refractivity contribution in [2.45, 2.75) is 6.92 Å². The summed E-state index contributed by atoms with van der Waals surface area (Å²) in [5, 5.41) is 2.00. The highest BCUT2D eigenvalue weighted by molar-refractivity contribution is 9.11. The van der Waals surface area contributed by atoms with Crippen molar-refractivity contribution in [1.29, 1.82) is 0 Å². The summed E-state index contributed by atoms with van der Waals surface area (Å²) in [7, 11) is 0. The second-order valence-corrected chi connectivity index (χ2v) is 3.38. The molecule has 1 heterocycles. The molecule has 4 heteroatoms. The Labute approximate surface area is 71.0 Å². The predicted molar refractivity (Wildman–Crippen MR) is 44.9 cm³/mol. The molecule has 0 saturated heterocycles. The van der Waals surface area contributed by atoms with Gasteiger partial charge in [-0.15, -0.1) is 28.3 Å². The van der Waals surface area contributed by atoms with Crippen LogP contribution in [0.5, 0.6) is 0 Å². The van der Waals surface area contributed by atoms with Gasteiger partial charge in [-0.05, 0) is 22.9 Å². The van der Waals surface area contributed by atoms with E-state index in [1.807, 2.05) is 12.3 Å². The SMILES string of the molecule is Br.Cc1csc(Br)n1. The number of thiazole rings is 1. The number of rotatable bonds is 0. The highest BCUT2D eigenvalue weighted by Gasteiger charge is 1.88. The van der Waals surface area contributed by atoms with E-state index in [0.29, 0.717) is 0 Å². The van der Waals surface area contributed by atoms with Gasteiger partial charge < -0.3 is 0 Å². The maximum Gasteiger partial charge on any atom is 0.159 e. The first-order valence-corrected chi connectivity index (χ1v) is 3.54. The van der Waals surface area contributed by atoms with E-state index in [1.165, 1.54) is 0 Å². The highest BCUT2D eigenvalue weighted by atomic mass is 79.9. The van der Waals surface area contributed by atoms with Crippen LogP contribution in [-0.4, -0.2) is 4.98 Å². The van der Waals surface area contributed by atoms with Gasteiger partial charge in [-0.25, -0.2) is 4.98 Å². The molecule has 8 heavy (non-hydrogen) atoms. The van der Waals surface area contributed by atoms with Crippen LogP contribution < -0.4 is 0 Å². The van der Waals surface area contributed by atoms with Crippen molar-refractivity contribution in [1.82, 2.24) is 4.98 Å². The Kier molecular flexibility index (Phi) is 3.85. The Hall–Kier alpha value is 0.590. The normalized spacial score (nSPS) is 8.25. The molecule has 0 amide bonds. The minimum absolute atomic E-state index is 0. The molecule has 0 fully saturated rings. The first kappa shape index (κ1) is 8.59. The predicted octanol–water partition coefficient (Wildman–Crippen LogP) is 2.79. The summed E-state index contributed by atoms with van der Waals surface area (Å²) in [6.07, 6.45) is 0. The summed E-state index contributed by atoms with van der Waals surface area (Å²) in [4.78, 5) is 4.05. The van der Waals surface area contributed by atoms with Crippen molar-refractivity contribution in [3.05, 3.63) is 15.0 Å². The fourth-order valence-corrected chi connectivity index (χ4v) is 1.40. The molecule has 0 bridgehead atoms. The third-order valence-corrected chi connectivity index (χ3v) is 2.07. The summed E-state index contributed by atoms with van der Waals surface area (Å²) < 4.78 is 0.963. The topological polar surface area (TPSA) is 12.9 Å². The number of aryl methyl sites for hydroxylation is 1. The van der Waals surface area contributed by atoms with Gasteiger partial charge in [-0.2, -0.15) is 0 Å². The van der Waals surface area contributed by atoms with Crippen molar-refractivity contribution < 1.29 is 0 Å². The Bertz CT molecular complexity index is 146. The first-order chi connectivity index (χ1) is 3.29. The number of aromatic nitrogens is 1. The van der Waals surface area contributed by atoms with Crippen LogP contribution in [0.25, 0.3) is 0 Å². The number of hydrogen-bond donors (Lipinski definition) is 0. The lowest BCUT2D eigenvalue weighted by molar-refractivity contribution is 1.24. The molecule has 1 nitrogen and oxygen atoms in total. The minimum Gasteiger partial charge on any atom is -0.234 e. The molecular weight excluding hydrogens is 254 g/mol. The molecule has 0 aromatic carbocycles. The molecule has 1 aromatic rings. The van der Waals surface area contributed by atoms with E-state index < -0.39 is 0 Å². The van der Waals surface area contributed by atoms with Crippen LogP contribution in [0.4, 0.5) is 0 Å². The third-order valence-electron chi connectivity index (χ3n) is 0.591. The lowest BCUT2D eigenvalue weighted by Crippen LogP contribution is -1.63. The van der Waals surface area contributed by atoms with E-state index in [-0.39, 0.29) is 17.0 Å². The van der Waals surface area contributed by atoms with Gasteiger partial charge in [0.1, 0.15) is 0 Å². The van der Waals surface area contributed by atoms with Crippen molar-refractivity contribution in [2.75, 3.05) is 0 Å². The molecule has 0 aliphatic heterocycles. The smallest absolute Gasteiger partial charge is 0.159 e. The Morgan fingerprint density at radius 2 is 2.38 bits per heavy atom. The van der Waals surface area contributed by atoms with Crippen molar-refractivity contribution in [3.63, 3.8) is 0 Å². The van der Waals surface area contributed by atoms with E-state index in [9.17, 15) is 0 Å². The first-order valence-electron chi connectivity index (χ1n) is 1.86. The van der Waals surface area contributed by atoms with E-state index in [4.69, 9.17) is 0 Å². The van der Waals surface area contributed by atoms with Gasteiger partial charge in [0, 0.05) is 11.1 Å². The fraction of sp³-hybridized carbons (Fsp3) is 0.250. The molecule has 0 radical (unpaired) electrons. The second-order valence-electron chi connectivity index (χ2n) is 1.24. The van der Waals surface area contributed by atoms with E-state index in [1.54, 1.807) is 11.3 Å². The zero-order chi connectivity index (χ0) is 5.28. The fourth-order valence-electron chi connectivity index (χ4n) is 0.325. The van der Waals surface area contributed by atoms with Crippen LogP contribution in [0, 0.1) is 6.92 Å². The zero-order valence-corrected chi connectivity index (χ0v) is 8.33. The standard InChI is InChI=1S/C4H4BrNS.BrH/c1-3-2-7-4(5)6-3;/h2H,1H3;1H. The molecule has 0 atom stereocenters. The van der Waals surface area contributed by atoms with Crippen LogP contribution in [-0.2, 0) is 0 Å². The second kappa shape index (κ2) is 3.58. The Morgan fingerprint density at radius 3 is 2.50 bits per heavy atom. The van der Waals surface area contributed by atoms with Gasteiger partial charge in [-0.1, -0.05) is 0 Å². The maximum absolute atomic E-state index is 4.05. The minimum atomic E-state index is 0. The van der Waals surface area contributed by atoms with Gasteiger partial charge >= 0.3 is 0 Å². The molecule has 1 rings (SSSR count). The molecule has 1 aromatic heterocycles. The molecular formula is C4H5Br2NS. The average Bonchev–Trinajstić information content (AvgIpc) is 1.87. The molecule has 46 valence electrons. The van der Waals surface area contributed by atoms with Gasteiger partial charge in [-0.3, -0.25) is 0 Å². The number of halogens is 2. The van der Waals surface area contributed by atoms with Crippen LogP contribution in [0.2, 0.25) is 0 Å². The summed E-state index contributed by atoms with van der Waals surface area (Å²) in [5.74, 6) is 0. The lowest BCUT2D eigenvalue weighted by Gasteiger charge is -1.69. The lowest BCUT2D eigenvalue weighted by atomic mass is 10.6. The van der Waals surface area contributed by atoms with E-state index >= 15 is 0 Å². The number of nitrogens with zero attached hydrogens (tertiary/aromatic N) is 1. The molecule has 0 aliphatic rings. The van der Waals surface area contributed by atoms with Gasteiger partial charge in [0.25, 0.3) is 0 Å².